The van der Waals surface area contributed by atoms with E-state index in [-0.39, 0.29) is 5.41 Å². The maximum Gasteiger partial charge on any atom is 0.338 e. The van der Waals surface area contributed by atoms with Crippen LogP contribution in [0.15, 0.2) is 11.6 Å². The second kappa shape index (κ2) is 8.38. The zero-order valence-electron chi connectivity index (χ0n) is 22.7. The van der Waals surface area contributed by atoms with Gasteiger partial charge in [-0.15, -0.1) is 0 Å². The molecule has 3 heteroatoms. The van der Waals surface area contributed by atoms with Gasteiger partial charge in [-0.05, 0) is 84.9 Å². The first-order valence-corrected chi connectivity index (χ1v) is 13.8. The van der Waals surface area contributed by atoms with Crippen molar-refractivity contribution < 1.29 is 14.6 Å². The van der Waals surface area contributed by atoms with Gasteiger partial charge in [-0.25, -0.2) is 4.79 Å². The van der Waals surface area contributed by atoms with Crippen LogP contribution in [0.25, 0.3) is 0 Å². The molecular formula is C30H50O3. The number of aliphatic hydroxyl groups is 1. The molecule has 3 saturated carbocycles. The van der Waals surface area contributed by atoms with Crippen molar-refractivity contribution in [3.63, 3.8) is 0 Å². The molecule has 33 heavy (non-hydrogen) atoms. The number of rotatable bonds is 6. The monoisotopic (exact) mass is 458 g/mol. The van der Waals surface area contributed by atoms with Crippen molar-refractivity contribution in [2.45, 2.75) is 112 Å². The molecule has 0 unspecified atom stereocenters. The average molecular weight is 459 g/mol. The van der Waals surface area contributed by atoms with E-state index in [1.807, 2.05) is 0 Å². The maximum atomic E-state index is 12.8. The van der Waals surface area contributed by atoms with Crippen LogP contribution in [0.5, 0.6) is 0 Å². The van der Waals surface area contributed by atoms with Gasteiger partial charge in [0, 0.05) is 5.41 Å². The summed E-state index contributed by atoms with van der Waals surface area (Å²) >= 11 is 0. The van der Waals surface area contributed by atoms with Crippen LogP contribution in [0.1, 0.15) is 106 Å². The van der Waals surface area contributed by atoms with E-state index in [0.29, 0.717) is 23.7 Å². The Labute approximate surface area is 203 Å². The number of methoxy groups -OCH3 is 1. The normalized spacial score (nSPS) is 44.6. The Balaban J connectivity index is 1.58. The van der Waals surface area contributed by atoms with Crippen molar-refractivity contribution in [3.8, 4) is 0 Å². The minimum atomic E-state index is -1.43. The zero-order valence-corrected chi connectivity index (χ0v) is 22.7. The third kappa shape index (κ3) is 3.57. The molecule has 0 aromatic rings. The van der Waals surface area contributed by atoms with Crippen LogP contribution in [0, 0.1) is 51.8 Å². The first-order chi connectivity index (χ1) is 15.3. The average Bonchev–Trinajstić information content (AvgIpc) is 3.17. The summed E-state index contributed by atoms with van der Waals surface area (Å²) in [6.07, 6.45) is 13.4. The van der Waals surface area contributed by atoms with Gasteiger partial charge in [0.2, 0.25) is 0 Å². The molecule has 8 atom stereocenters. The SMILES string of the molecule is COC(=O)[C@@]1(O)C[C@@]2(C)C(=CC[C@H]3[C@H]2CC[C@]2(C)[C@@H]([C@H](C)CCCC(C)C)CC[C@@H]32)C1(C)C. The van der Waals surface area contributed by atoms with Gasteiger partial charge in [0.1, 0.15) is 0 Å². The molecule has 0 bridgehead atoms. The lowest BCUT2D eigenvalue weighted by Gasteiger charge is -2.56. The van der Waals surface area contributed by atoms with Crippen molar-refractivity contribution in [1.82, 2.24) is 0 Å². The van der Waals surface area contributed by atoms with Gasteiger partial charge in [0.15, 0.2) is 5.60 Å². The van der Waals surface area contributed by atoms with Crippen LogP contribution in [0.2, 0.25) is 0 Å². The molecule has 4 rings (SSSR count). The van der Waals surface area contributed by atoms with E-state index in [4.69, 9.17) is 4.74 Å². The second-order valence-electron chi connectivity index (χ2n) is 13.8. The summed E-state index contributed by atoms with van der Waals surface area (Å²) in [5.41, 5.74) is -0.362. The standard InChI is InChI=1S/C30H50O3/c1-19(2)10-9-11-20(3)22-13-14-23-21-12-15-25-27(4,5)30(32,26(31)33-8)18-29(25,7)24(21)16-17-28(22,23)6/h15,19-24,32H,9-14,16-18H2,1-8H3/t20-,21-,22-,23+,24-,28-,29-,30+/m1/s1. The fourth-order valence-electron chi connectivity index (χ4n) is 9.79. The summed E-state index contributed by atoms with van der Waals surface area (Å²) < 4.78 is 5.12. The summed E-state index contributed by atoms with van der Waals surface area (Å²) in [6, 6.07) is 0. The maximum absolute atomic E-state index is 12.8. The molecule has 0 spiro atoms. The molecule has 0 amide bonds. The Morgan fingerprint density at radius 3 is 2.42 bits per heavy atom. The van der Waals surface area contributed by atoms with Crippen LogP contribution in [-0.2, 0) is 9.53 Å². The highest BCUT2D eigenvalue weighted by atomic mass is 16.5. The van der Waals surface area contributed by atoms with Gasteiger partial charge < -0.3 is 9.84 Å². The van der Waals surface area contributed by atoms with Gasteiger partial charge in [-0.1, -0.05) is 79.4 Å². The molecule has 3 nitrogen and oxygen atoms in total. The largest absolute Gasteiger partial charge is 0.467 e. The predicted octanol–water partition coefficient (Wildman–Crippen LogP) is 7.18. The highest BCUT2D eigenvalue weighted by Gasteiger charge is 2.69. The third-order valence-electron chi connectivity index (χ3n) is 11.5. The Bertz CT molecular complexity index is 796. The molecule has 0 aromatic heterocycles. The summed E-state index contributed by atoms with van der Waals surface area (Å²) in [7, 11) is 1.41. The highest BCUT2D eigenvalue weighted by Crippen LogP contribution is 2.71. The Kier molecular flexibility index (Phi) is 6.42. The van der Waals surface area contributed by atoms with Crippen molar-refractivity contribution in [2.24, 2.45) is 51.8 Å². The van der Waals surface area contributed by atoms with Gasteiger partial charge in [-0.3, -0.25) is 0 Å². The number of esters is 1. The highest BCUT2D eigenvalue weighted by molar-refractivity contribution is 5.82. The molecule has 3 fully saturated rings. The molecule has 4 aliphatic rings. The first-order valence-electron chi connectivity index (χ1n) is 13.8. The fraction of sp³-hybridized carbons (Fsp3) is 0.900. The lowest BCUT2D eigenvalue weighted by atomic mass is 9.48. The summed E-state index contributed by atoms with van der Waals surface area (Å²) in [5.74, 6) is 4.03. The molecule has 188 valence electrons. The van der Waals surface area contributed by atoms with Gasteiger partial charge >= 0.3 is 5.97 Å². The minimum absolute atomic E-state index is 0.113. The van der Waals surface area contributed by atoms with E-state index in [1.54, 1.807) is 0 Å². The molecule has 0 aliphatic heterocycles. The van der Waals surface area contributed by atoms with E-state index < -0.39 is 17.0 Å². The van der Waals surface area contributed by atoms with Gasteiger partial charge in [-0.2, -0.15) is 0 Å². The van der Waals surface area contributed by atoms with Gasteiger partial charge in [0.25, 0.3) is 0 Å². The summed E-state index contributed by atoms with van der Waals surface area (Å²) in [6.45, 7) is 16.3. The molecule has 0 heterocycles. The van der Waals surface area contributed by atoms with E-state index >= 15 is 0 Å². The minimum Gasteiger partial charge on any atom is -0.467 e. The first kappa shape index (κ1) is 25.3. The van der Waals surface area contributed by atoms with E-state index in [1.165, 1.54) is 57.6 Å². The number of ether oxygens (including phenoxy) is 1. The lowest BCUT2D eigenvalue weighted by molar-refractivity contribution is -0.172. The quantitative estimate of drug-likeness (QED) is 0.339. The molecule has 0 aromatic carbocycles. The Morgan fingerprint density at radius 1 is 1.09 bits per heavy atom. The van der Waals surface area contributed by atoms with Crippen LogP contribution in [-0.4, -0.2) is 23.8 Å². The van der Waals surface area contributed by atoms with E-state index in [2.05, 4.69) is 54.5 Å². The molecule has 1 N–H and O–H groups in total. The van der Waals surface area contributed by atoms with Crippen molar-refractivity contribution in [2.75, 3.05) is 7.11 Å². The zero-order chi connectivity index (χ0) is 24.4. The van der Waals surface area contributed by atoms with Crippen LogP contribution < -0.4 is 0 Å². The summed E-state index contributed by atoms with van der Waals surface area (Å²) in [4.78, 5) is 12.8. The molecular weight excluding hydrogens is 408 g/mol. The van der Waals surface area contributed by atoms with E-state index in [9.17, 15) is 9.90 Å². The topological polar surface area (TPSA) is 46.5 Å². The Morgan fingerprint density at radius 2 is 1.79 bits per heavy atom. The van der Waals surface area contributed by atoms with Crippen molar-refractivity contribution in [3.05, 3.63) is 11.6 Å². The number of hydrogen-bond acceptors (Lipinski definition) is 3. The number of fused-ring (bicyclic) bond motifs is 5. The Hall–Kier alpha value is -0.830. The number of allylic oxidation sites excluding steroid dienone is 1. The third-order valence-corrected chi connectivity index (χ3v) is 11.5. The smallest absolute Gasteiger partial charge is 0.338 e. The molecule has 4 aliphatic carbocycles. The van der Waals surface area contributed by atoms with Crippen LogP contribution in [0.4, 0.5) is 0 Å². The van der Waals surface area contributed by atoms with E-state index in [0.717, 1.165) is 30.1 Å². The van der Waals surface area contributed by atoms with Crippen molar-refractivity contribution >= 4 is 5.97 Å². The van der Waals surface area contributed by atoms with Crippen LogP contribution in [0.3, 0.4) is 0 Å². The second-order valence-corrected chi connectivity index (χ2v) is 13.8. The van der Waals surface area contributed by atoms with Gasteiger partial charge in [0.05, 0.1) is 7.11 Å². The van der Waals surface area contributed by atoms with Crippen LogP contribution >= 0.6 is 0 Å². The fourth-order valence-corrected chi connectivity index (χ4v) is 9.79. The number of carbonyl (C=O) groups excluding carboxylic acids is 1. The molecule has 0 radical (unpaired) electrons. The number of carbonyl (C=O) groups is 1. The van der Waals surface area contributed by atoms with Crippen molar-refractivity contribution in [1.29, 1.82) is 0 Å². The number of hydrogen-bond donors (Lipinski definition) is 1. The summed E-state index contributed by atoms with van der Waals surface area (Å²) in [5, 5.41) is 11.6. The predicted molar refractivity (Wildman–Crippen MR) is 135 cm³/mol. The molecule has 0 saturated heterocycles. The lowest BCUT2D eigenvalue weighted by Crippen LogP contribution is -2.49.